The van der Waals surface area contributed by atoms with E-state index >= 15 is 0 Å². The lowest BCUT2D eigenvalue weighted by Crippen LogP contribution is -2.50. The van der Waals surface area contributed by atoms with Crippen LogP contribution in [0, 0.1) is 0 Å². The number of amides is 2. The highest BCUT2D eigenvalue weighted by molar-refractivity contribution is 5.83. The zero-order chi connectivity index (χ0) is 14.8. The number of rotatable bonds is 5. The lowest BCUT2D eigenvalue weighted by molar-refractivity contribution is -0.140. The van der Waals surface area contributed by atoms with Gasteiger partial charge < -0.3 is 26.6 Å². The molecule has 2 rings (SSSR count). The number of carbonyl (C=O) groups is 2. The molecule has 6 N–H and O–H groups in total. The molecule has 2 amide bonds. The summed E-state index contributed by atoms with van der Waals surface area (Å²) in [7, 11) is 0. The number of aliphatic carboxylic acids is 1. The first-order valence-corrected chi connectivity index (χ1v) is 6.25. The smallest absolute Gasteiger partial charge is 0.328 e. The summed E-state index contributed by atoms with van der Waals surface area (Å²) in [6.45, 7) is -0.659. The summed E-state index contributed by atoms with van der Waals surface area (Å²) in [6, 6.07) is 5.28. The zero-order valence-electron chi connectivity index (χ0n) is 10.8. The summed E-state index contributed by atoms with van der Waals surface area (Å²) in [4.78, 5) is 22.5. The molecular weight excluding hydrogens is 262 g/mol. The van der Waals surface area contributed by atoms with E-state index in [2.05, 4.69) is 10.6 Å². The second-order valence-corrected chi connectivity index (χ2v) is 4.88. The van der Waals surface area contributed by atoms with E-state index in [1.54, 1.807) is 18.2 Å². The van der Waals surface area contributed by atoms with E-state index in [9.17, 15) is 9.59 Å². The second-order valence-electron chi connectivity index (χ2n) is 4.88. The van der Waals surface area contributed by atoms with Crippen LogP contribution in [0.1, 0.15) is 18.4 Å². The van der Waals surface area contributed by atoms with E-state index in [1.165, 1.54) is 0 Å². The summed E-state index contributed by atoms with van der Waals surface area (Å²) >= 11 is 0. The van der Waals surface area contributed by atoms with Gasteiger partial charge >= 0.3 is 12.0 Å². The maximum Gasteiger partial charge on any atom is 0.328 e. The Kier molecular flexibility index (Phi) is 3.80. The minimum absolute atomic E-state index is 0.488. The van der Waals surface area contributed by atoms with Crippen molar-refractivity contribution in [2.75, 3.05) is 12.3 Å². The molecule has 0 bridgehead atoms. The molecule has 1 fully saturated rings. The third kappa shape index (κ3) is 3.00. The van der Waals surface area contributed by atoms with Crippen LogP contribution in [0.15, 0.2) is 24.3 Å². The number of urea groups is 1. The molecule has 7 nitrogen and oxygen atoms in total. The minimum Gasteiger partial charge on any atom is -0.480 e. The van der Waals surface area contributed by atoms with Crippen molar-refractivity contribution in [1.82, 2.24) is 10.6 Å². The molecule has 1 aromatic carbocycles. The fourth-order valence-electron chi connectivity index (χ4n) is 2.04. The Balaban J connectivity index is 2.02. The molecule has 0 saturated heterocycles. The van der Waals surface area contributed by atoms with Crippen LogP contribution < -0.4 is 16.4 Å². The largest absolute Gasteiger partial charge is 0.480 e. The molecule has 1 aliphatic carbocycles. The van der Waals surface area contributed by atoms with Gasteiger partial charge in [0.25, 0.3) is 0 Å². The number of hydrogen-bond acceptors (Lipinski definition) is 4. The van der Waals surface area contributed by atoms with Gasteiger partial charge in [-0.2, -0.15) is 0 Å². The molecule has 0 aromatic heterocycles. The van der Waals surface area contributed by atoms with Crippen molar-refractivity contribution in [3.05, 3.63) is 29.8 Å². The topological polar surface area (TPSA) is 125 Å². The molecule has 0 aliphatic heterocycles. The highest BCUT2D eigenvalue weighted by Crippen LogP contribution is 2.45. The highest BCUT2D eigenvalue weighted by Gasteiger charge is 2.46. The Labute approximate surface area is 115 Å². The lowest BCUT2D eigenvalue weighted by atomic mass is 10.0. The molecule has 0 spiro atoms. The first kappa shape index (κ1) is 14.1. The monoisotopic (exact) mass is 279 g/mol. The van der Waals surface area contributed by atoms with Gasteiger partial charge in [-0.3, -0.25) is 0 Å². The van der Waals surface area contributed by atoms with Crippen molar-refractivity contribution in [3.63, 3.8) is 0 Å². The molecule has 108 valence electrons. The van der Waals surface area contributed by atoms with Crippen LogP contribution in [0.4, 0.5) is 10.5 Å². The van der Waals surface area contributed by atoms with Crippen molar-refractivity contribution in [1.29, 1.82) is 0 Å². The summed E-state index contributed by atoms with van der Waals surface area (Å²) in [5.41, 5.74) is 6.73. The minimum atomic E-state index is -1.31. The van der Waals surface area contributed by atoms with Gasteiger partial charge in [-0.15, -0.1) is 0 Å². The summed E-state index contributed by atoms with van der Waals surface area (Å²) in [5, 5.41) is 22.6. The molecule has 1 aliphatic rings. The number of hydrogen-bond donors (Lipinski definition) is 5. The van der Waals surface area contributed by atoms with Crippen LogP contribution in [0.2, 0.25) is 0 Å². The quantitative estimate of drug-likeness (QED) is 0.485. The van der Waals surface area contributed by atoms with Crippen LogP contribution in [0.25, 0.3) is 0 Å². The second kappa shape index (κ2) is 5.38. The van der Waals surface area contributed by atoms with Gasteiger partial charge in [0.2, 0.25) is 0 Å². The Hall–Kier alpha value is -2.28. The van der Waals surface area contributed by atoms with Gasteiger partial charge in [-0.1, -0.05) is 12.1 Å². The van der Waals surface area contributed by atoms with Crippen molar-refractivity contribution < 1.29 is 19.8 Å². The number of aliphatic hydroxyl groups is 1. The van der Waals surface area contributed by atoms with Gasteiger partial charge in [0, 0.05) is 5.69 Å². The SMILES string of the molecule is Nc1cccc(C2(NC(=O)NC(CO)C(=O)O)CC2)c1. The predicted molar refractivity (Wildman–Crippen MR) is 71.9 cm³/mol. The molecule has 0 radical (unpaired) electrons. The van der Waals surface area contributed by atoms with Crippen LogP contribution in [-0.2, 0) is 10.3 Å². The average molecular weight is 279 g/mol. The molecule has 1 saturated carbocycles. The number of anilines is 1. The number of carbonyl (C=O) groups excluding carboxylic acids is 1. The maximum absolute atomic E-state index is 11.8. The highest BCUT2D eigenvalue weighted by atomic mass is 16.4. The third-order valence-electron chi connectivity index (χ3n) is 3.33. The predicted octanol–water partition coefficient (Wildman–Crippen LogP) is 0.00260. The average Bonchev–Trinajstić information content (AvgIpc) is 3.16. The van der Waals surface area contributed by atoms with Gasteiger partial charge in [-0.25, -0.2) is 9.59 Å². The van der Waals surface area contributed by atoms with Gasteiger partial charge in [0.1, 0.15) is 0 Å². The molecule has 20 heavy (non-hydrogen) atoms. The van der Waals surface area contributed by atoms with Crippen LogP contribution in [0.3, 0.4) is 0 Å². The van der Waals surface area contributed by atoms with Crippen LogP contribution in [-0.4, -0.2) is 34.9 Å². The van der Waals surface area contributed by atoms with Crippen molar-refractivity contribution in [2.24, 2.45) is 0 Å². The van der Waals surface area contributed by atoms with Crippen molar-refractivity contribution in [2.45, 2.75) is 24.4 Å². The number of carboxylic acid groups (broad SMARTS) is 1. The maximum atomic E-state index is 11.8. The van der Waals surface area contributed by atoms with E-state index in [0.717, 1.165) is 18.4 Å². The summed E-state index contributed by atoms with van der Waals surface area (Å²) in [5.74, 6) is -1.28. The zero-order valence-corrected chi connectivity index (χ0v) is 10.8. The Morgan fingerprint density at radius 1 is 1.40 bits per heavy atom. The third-order valence-corrected chi connectivity index (χ3v) is 3.33. The van der Waals surface area contributed by atoms with E-state index < -0.39 is 30.2 Å². The number of nitrogen functional groups attached to an aromatic ring is 1. The fraction of sp³-hybridized carbons (Fsp3) is 0.385. The first-order chi connectivity index (χ1) is 9.47. The molecule has 1 unspecified atom stereocenters. The van der Waals surface area contributed by atoms with E-state index in [1.807, 2.05) is 6.07 Å². The number of aliphatic hydroxyl groups excluding tert-OH is 1. The van der Waals surface area contributed by atoms with E-state index in [4.69, 9.17) is 15.9 Å². The van der Waals surface area contributed by atoms with Crippen molar-refractivity contribution in [3.8, 4) is 0 Å². The van der Waals surface area contributed by atoms with Crippen LogP contribution >= 0.6 is 0 Å². The van der Waals surface area contributed by atoms with Gasteiger partial charge in [0.15, 0.2) is 6.04 Å². The van der Waals surface area contributed by atoms with Gasteiger partial charge in [-0.05, 0) is 30.5 Å². The van der Waals surface area contributed by atoms with E-state index in [-0.39, 0.29) is 0 Å². The number of carboxylic acids is 1. The van der Waals surface area contributed by atoms with Crippen molar-refractivity contribution >= 4 is 17.7 Å². The standard InChI is InChI=1S/C13H17N3O4/c14-9-3-1-2-8(6-9)13(4-5-13)16-12(20)15-10(7-17)11(18)19/h1-3,6,10,17H,4-5,7,14H2,(H,18,19)(H2,15,16,20). The molecule has 1 aromatic rings. The number of benzene rings is 1. The first-order valence-electron chi connectivity index (χ1n) is 6.25. The normalized spacial score (nSPS) is 17.1. The molecule has 1 atom stereocenters. The van der Waals surface area contributed by atoms with E-state index in [0.29, 0.717) is 5.69 Å². The summed E-state index contributed by atoms with van der Waals surface area (Å²) < 4.78 is 0. The molecular formula is C13H17N3O4. The number of nitrogens with two attached hydrogens (primary N) is 1. The fourth-order valence-corrected chi connectivity index (χ4v) is 2.04. The van der Waals surface area contributed by atoms with Crippen LogP contribution in [0.5, 0.6) is 0 Å². The molecule has 0 heterocycles. The lowest BCUT2D eigenvalue weighted by Gasteiger charge is -2.20. The summed E-state index contributed by atoms with van der Waals surface area (Å²) in [6.07, 6.45) is 1.53. The van der Waals surface area contributed by atoms with Gasteiger partial charge in [0.05, 0.1) is 12.1 Å². The number of nitrogens with one attached hydrogen (secondary N) is 2. The Bertz CT molecular complexity index is 528. The molecule has 7 heteroatoms. The Morgan fingerprint density at radius 2 is 2.10 bits per heavy atom. The Morgan fingerprint density at radius 3 is 2.60 bits per heavy atom.